The zero-order valence-corrected chi connectivity index (χ0v) is 7.13. The number of carbonyl (C=O) groups excluding carboxylic acids is 1. The lowest BCUT2D eigenvalue weighted by atomic mass is 10.2. The predicted octanol–water partition coefficient (Wildman–Crippen LogP) is 1.87. The van der Waals surface area contributed by atoms with Gasteiger partial charge in [-0.05, 0) is 12.1 Å². The summed E-state index contributed by atoms with van der Waals surface area (Å²) in [6.07, 6.45) is 0.610. The Bertz CT molecular complexity index is 309. The molecule has 4 heteroatoms. The maximum absolute atomic E-state index is 10.3. The van der Waals surface area contributed by atoms with Gasteiger partial charge in [-0.1, -0.05) is 11.6 Å². The molecule has 0 aliphatic carbocycles. The minimum atomic E-state index is -0.155. The molecule has 3 nitrogen and oxygen atoms in total. The molecule has 0 amide bonds. The van der Waals surface area contributed by atoms with Gasteiger partial charge in [-0.25, -0.2) is 0 Å². The smallest absolute Gasteiger partial charge is 0.150 e. The van der Waals surface area contributed by atoms with Crippen molar-refractivity contribution in [3.63, 3.8) is 0 Å². The first kappa shape index (κ1) is 8.87. The van der Waals surface area contributed by atoms with Crippen molar-refractivity contribution in [3.8, 4) is 11.5 Å². The van der Waals surface area contributed by atoms with Crippen molar-refractivity contribution in [1.29, 1.82) is 0 Å². The number of rotatable bonds is 2. The van der Waals surface area contributed by atoms with E-state index in [1.807, 2.05) is 0 Å². The van der Waals surface area contributed by atoms with Crippen LogP contribution in [0.3, 0.4) is 0 Å². The zero-order chi connectivity index (χ0) is 9.14. The molecule has 64 valence electrons. The van der Waals surface area contributed by atoms with Gasteiger partial charge in [0.05, 0.1) is 7.11 Å². The van der Waals surface area contributed by atoms with Gasteiger partial charge < -0.3 is 9.84 Å². The number of phenols is 1. The van der Waals surface area contributed by atoms with Crippen LogP contribution < -0.4 is 4.74 Å². The molecule has 1 rings (SSSR count). The van der Waals surface area contributed by atoms with Gasteiger partial charge >= 0.3 is 0 Å². The van der Waals surface area contributed by atoms with Crippen LogP contribution in [0.2, 0.25) is 5.02 Å². The van der Waals surface area contributed by atoms with Crippen LogP contribution in [0.4, 0.5) is 0 Å². The van der Waals surface area contributed by atoms with Gasteiger partial charge in [0.25, 0.3) is 0 Å². The number of hydrogen-bond donors (Lipinski definition) is 1. The van der Waals surface area contributed by atoms with Gasteiger partial charge in [0.2, 0.25) is 0 Å². The van der Waals surface area contributed by atoms with E-state index in [2.05, 4.69) is 0 Å². The van der Waals surface area contributed by atoms with E-state index >= 15 is 0 Å². The number of aldehydes is 1. The van der Waals surface area contributed by atoms with Crippen LogP contribution in [-0.2, 0) is 0 Å². The highest BCUT2D eigenvalue weighted by atomic mass is 35.5. The molecule has 0 radical (unpaired) electrons. The third kappa shape index (κ3) is 1.51. The predicted molar refractivity (Wildman–Crippen MR) is 45.1 cm³/mol. The van der Waals surface area contributed by atoms with Crippen LogP contribution in [0.15, 0.2) is 12.1 Å². The standard InChI is InChI=1S/C8H7ClO3/c1-12-7-3-5(4-10)2-6(11)8(7)9/h2-4,11H,1H3. The Balaban J connectivity index is 3.28. The van der Waals surface area contributed by atoms with E-state index in [0.717, 1.165) is 0 Å². The molecule has 1 N–H and O–H groups in total. The maximum Gasteiger partial charge on any atom is 0.150 e. The second-order valence-electron chi connectivity index (χ2n) is 2.17. The van der Waals surface area contributed by atoms with Gasteiger partial charge in [-0.15, -0.1) is 0 Å². The average Bonchev–Trinajstić information content (AvgIpc) is 2.09. The molecule has 0 spiro atoms. The highest BCUT2D eigenvalue weighted by Gasteiger charge is 2.07. The van der Waals surface area contributed by atoms with Crippen LogP contribution in [0.5, 0.6) is 11.5 Å². The van der Waals surface area contributed by atoms with Crippen LogP contribution >= 0.6 is 11.6 Å². The van der Waals surface area contributed by atoms with Crippen LogP contribution in [-0.4, -0.2) is 18.5 Å². The molecule has 1 aromatic carbocycles. The molecule has 0 aliphatic heterocycles. The lowest BCUT2D eigenvalue weighted by Crippen LogP contribution is -1.87. The van der Waals surface area contributed by atoms with Crippen LogP contribution in [0.25, 0.3) is 0 Å². The van der Waals surface area contributed by atoms with Crippen LogP contribution in [0.1, 0.15) is 10.4 Å². The van der Waals surface area contributed by atoms with E-state index in [4.69, 9.17) is 16.3 Å². The first-order chi connectivity index (χ1) is 5.69. The van der Waals surface area contributed by atoms with Crippen molar-refractivity contribution in [2.75, 3.05) is 7.11 Å². The monoisotopic (exact) mass is 186 g/mol. The fourth-order valence-corrected chi connectivity index (χ4v) is 1.01. The highest BCUT2D eigenvalue weighted by molar-refractivity contribution is 6.33. The van der Waals surface area contributed by atoms with Crippen molar-refractivity contribution < 1.29 is 14.6 Å². The number of phenolic OH excluding ortho intramolecular Hbond substituents is 1. The van der Waals surface area contributed by atoms with E-state index in [9.17, 15) is 9.90 Å². The number of halogens is 1. The summed E-state index contributed by atoms with van der Waals surface area (Å²) >= 11 is 5.63. The molecule has 0 heterocycles. The van der Waals surface area contributed by atoms with Crippen molar-refractivity contribution in [3.05, 3.63) is 22.7 Å². The van der Waals surface area contributed by atoms with Crippen LogP contribution in [0, 0.1) is 0 Å². The molecule has 12 heavy (non-hydrogen) atoms. The molecule has 0 unspecified atom stereocenters. The van der Waals surface area contributed by atoms with E-state index in [1.165, 1.54) is 19.2 Å². The number of benzene rings is 1. The summed E-state index contributed by atoms with van der Waals surface area (Å²) in [6, 6.07) is 2.73. The second-order valence-corrected chi connectivity index (χ2v) is 2.55. The van der Waals surface area contributed by atoms with Crippen molar-refractivity contribution >= 4 is 17.9 Å². The summed E-state index contributed by atoms with van der Waals surface area (Å²) < 4.78 is 4.82. The molecule has 0 aliphatic rings. The fraction of sp³-hybridized carbons (Fsp3) is 0.125. The molecule has 0 saturated carbocycles. The summed E-state index contributed by atoms with van der Waals surface area (Å²) in [7, 11) is 1.41. The van der Waals surface area contributed by atoms with Gasteiger partial charge in [0, 0.05) is 5.56 Å². The first-order valence-corrected chi connectivity index (χ1v) is 3.58. The average molecular weight is 187 g/mol. The Morgan fingerprint density at radius 2 is 2.25 bits per heavy atom. The van der Waals surface area contributed by atoms with Crippen molar-refractivity contribution in [2.45, 2.75) is 0 Å². The van der Waals surface area contributed by atoms with Crippen molar-refractivity contribution in [1.82, 2.24) is 0 Å². The SMILES string of the molecule is COc1cc(C=O)cc(O)c1Cl. The van der Waals surface area contributed by atoms with E-state index in [1.54, 1.807) is 0 Å². The van der Waals surface area contributed by atoms with Gasteiger partial charge in [0.1, 0.15) is 22.8 Å². The van der Waals surface area contributed by atoms with Gasteiger partial charge in [0.15, 0.2) is 0 Å². The van der Waals surface area contributed by atoms with Gasteiger partial charge in [-0.3, -0.25) is 4.79 Å². The first-order valence-electron chi connectivity index (χ1n) is 3.20. The summed E-state index contributed by atoms with van der Waals surface area (Å²) in [6.45, 7) is 0. The van der Waals surface area contributed by atoms with E-state index < -0.39 is 0 Å². The lowest BCUT2D eigenvalue weighted by molar-refractivity contribution is 0.112. The number of aromatic hydroxyl groups is 1. The van der Waals surface area contributed by atoms with E-state index in [-0.39, 0.29) is 10.8 Å². The van der Waals surface area contributed by atoms with Gasteiger partial charge in [-0.2, -0.15) is 0 Å². The minimum Gasteiger partial charge on any atom is -0.506 e. The zero-order valence-electron chi connectivity index (χ0n) is 6.37. The van der Waals surface area contributed by atoms with E-state index in [0.29, 0.717) is 17.6 Å². The second kappa shape index (κ2) is 3.45. The molecular weight excluding hydrogens is 180 g/mol. The third-order valence-corrected chi connectivity index (χ3v) is 1.78. The number of hydrogen-bond acceptors (Lipinski definition) is 3. The Kier molecular flexibility index (Phi) is 2.55. The lowest BCUT2D eigenvalue weighted by Gasteiger charge is -2.04. The Morgan fingerprint density at radius 1 is 1.58 bits per heavy atom. The summed E-state index contributed by atoms with van der Waals surface area (Å²) in [5, 5.41) is 9.29. The number of carbonyl (C=O) groups is 1. The fourth-order valence-electron chi connectivity index (χ4n) is 0.820. The number of ether oxygens (including phenoxy) is 1. The summed E-state index contributed by atoms with van der Waals surface area (Å²) in [5.41, 5.74) is 0.328. The molecule has 0 atom stereocenters. The largest absolute Gasteiger partial charge is 0.506 e. The molecule has 0 saturated heterocycles. The normalized spacial score (nSPS) is 9.50. The topological polar surface area (TPSA) is 46.5 Å². The summed E-state index contributed by atoms with van der Waals surface area (Å²) in [4.78, 5) is 10.3. The Morgan fingerprint density at radius 3 is 2.75 bits per heavy atom. The van der Waals surface area contributed by atoms with Crippen molar-refractivity contribution in [2.24, 2.45) is 0 Å². The Labute approximate surface area is 74.5 Å². The molecule has 0 aromatic heterocycles. The molecule has 0 fully saturated rings. The molecular formula is C8H7ClO3. The maximum atomic E-state index is 10.3. The third-order valence-electron chi connectivity index (χ3n) is 1.40. The quantitative estimate of drug-likeness (QED) is 0.718. The summed E-state index contributed by atoms with van der Waals surface area (Å²) in [5.74, 6) is 0.136. The molecule has 0 bridgehead atoms. The Hall–Kier alpha value is -1.22. The number of methoxy groups -OCH3 is 1. The molecule has 1 aromatic rings. The minimum absolute atomic E-state index is 0.114. The highest BCUT2D eigenvalue weighted by Crippen LogP contribution is 2.33.